The smallest absolute Gasteiger partial charge is 0.407 e. The summed E-state index contributed by atoms with van der Waals surface area (Å²) in [6.45, 7) is 8.08. The lowest BCUT2D eigenvalue weighted by Crippen LogP contribution is -2.53. The quantitative estimate of drug-likeness (QED) is 0.805. The lowest BCUT2D eigenvalue weighted by atomic mass is 9.91. The van der Waals surface area contributed by atoms with E-state index in [0.717, 1.165) is 6.42 Å². The van der Waals surface area contributed by atoms with Crippen molar-refractivity contribution >= 4 is 18.0 Å². The number of ether oxygens (including phenoxy) is 1. The Hall–Kier alpha value is -1.79. The molecule has 7 heteroatoms. The highest BCUT2D eigenvalue weighted by atomic mass is 16.6. The minimum absolute atomic E-state index is 0.00132. The normalized spacial score (nSPS) is 21.7. The molecule has 1 heterocycles. The molecule has 1 saturated heterocycles. The third kappa shape index (κ3) is 7.34. The Kier molecular flexibility index (Phi) is 6.84. The topological polar surface area (TPSA) is 95.9 Å². The summed E-state index contributed by atoms with van der Waals surface area (Å²) >= 11 is 0. The lowest BCUT2D eigenvalue weighted by molar-refractivity contribution is -0.141. The molecule has 0 saturated carbocycles. The number of alkyl carbamates (subject to hydrolysis) is 1. The Morgan fingerprint density at radius 2 is 1.91 bits per heavy atom. The summed E-state index contributed by atoms with van der Waals surface area (Å²) < 4.78 is 5.23. The van der Waals surface area contributed by atoms with Crippen molar-refractivity contribution in [3.63, 3.8) is 0 Å². The molecular weight excluding hydrogens is 300 g/mol. The van der Waals surface area contributed by atoms with Gasteiger partial charge in [0.1, 0.15) is 5.60 Å². The second-order valence-electron chi connectivity index (χ2n) is 7.09. The van der Waals surface area contributed by atoms with E-state index in [1.54, 1.807) is 25.7 Å². The largest absolute Gasteiger partial charge is 0.481 e. The van der Waals surface area contributed by atoms with Crippen molar-refractivity contribution in [3.8, 4) is 0 Å². The summed E-state index contributed by atoms with van der Waals surface area (Å²) in [5.74, 6) is -1.06. The first-order valence-corrected chi connectivity index (χ1v) is 8.09. The van der Waals surface area contributed by atoms with Gasteiger partial charge in [0.2, 0.25) is 5.91 Å². The first-order chi connectivity index (χ1) is 10.6. The summed E-state index contributed by atoms with van der Waals surface area (Å²) in [7, 11) is 0. The van der Waals surface area contributed by atoms with Crippen LogP contribution in [0, 0.1) is 5.92 Å². The van der Waals surface area contributed by atoms with Crippen molar-refractivity contribution in [1.29, 1.82) is 0 Å². The Labute approximate surface area is 137 Å². The molecule has 1 fully saturated rings. The molecular formula is C16H28N2O5. The zero-order valence-electron chi connectivity index (χ0n) is 14.4. The van der Waals surface area contributed by atoms with Crippen LogP contribution >= 0.6 is 0 Å². The molecule has 0 aromatic rings. The predicted molar refractivity (Wildman–Crippen MR) is 85.0 cm³/mol. The molecule has 0 aromatic heterocycles. The van der Waals surface area contributed by atoms with E-state index in [4.69, 9.17) is 9.84 Å². The van der Waals surface area contributed by atoms with Gasteiger partial charge in [0.05, 0.1) is 6.04 Å². The number of aliphatic carboxylic acids is 1. The van der Waals surface area contributed by atoms with E-state index in [1.807, 2.05) is 6.92 Å². The van der Waals surface area contributed by atoms with Gasteiger partial charge in [-0.25, -0.2) is 4.79 Å². The van der Waals surface area contributed by atoms with Crippen LogP contribution in [0.1, 0.15) is 53.4 Å². The molecule has 0 spiro atoms. The minimum atomic E-state index is -0.893. The van der Waals surface area contributed by atoms with E-state index in [2.05, 4.69) is 5.32 Å². The van der Waals surface area contributed by atoms with Crippen molar-refractivity contribution in [2.75, 3.05) is 13.1 Å². The molecule has 1 aliphatic rings. The number of rotatable bonds is 5. The second kappa shape index (κ2) is 8.17. The molecule has 132 valence electrons. The van der Waals surface area contributed by atoms with Crippen molar-refractivity contribution in [1.82, 2.24) is 10.2 Å². The summed E-state index contributed by atoms with van der Waals surface area (Å²) in [5.41, 5.74) is -0.600. The molecule has 2 unspecified atom stereocenters. The maximum atomic E-state index is 12.1. The number of carboxylic acids is 1. The molecule has 1 rings (SSSR count). The first-order valence-electron chi connectivity index (χ1n) is 8.09. The first kappa shape index (κ1) is 19.3. The average molecular weight is 328 g/mol. The van der Waals surface area contributed by atoms with Crippen molar-refractivity contribution in [2.24, 2.45) is 5.92 Å². The third-order valence-electron chi connectivity index (χ3n) is 3.54. The number of likely N-dealkylation sites (tertiary alicyclic amines) is 1. The number of hydrogen-bond donors (Lipinski definition) is 2. The maximum Gasteiger partial charge on any atom is 0.407 e. The van der Waals surface area contributed by atoms with Crippen LogP contribution in [0.3, 0.4) is 0 Å². The molecule has 0 aliphatic carbocycles. The van der Waals surface area contributed by atoms with Crippen molar-refractivity contribution in [3.05, 3.63) is 0 Å². The minimum Gasteiger partial charge on any atom is -0.481 e. The van der Waals surface area contributed by atoms with Gasteiger partial charge in [-0.15, -0.1) is 0 Å². The van der Waals surface area contributed by atoms with Gasteiger partial charge in [-0.1, -0.05) is 6.92 Å². The average Bonchev–Trinajstić information content (AvgIpc) is 2.35. The van der Waals surface area contributed by atoms with Gasteiger partial charge in [-0.2, -0.15) is 0 Å². The maximum absolute atomic E-state index is 12.1. The monoisotopic (exact) mass is 328 g/mol. The zero-order chi connectivity index (χ0) is 17.6. The fraction of sp³-hybridized carbons (Fsp3) is 0.812. The van der Waals surface area contributed by atoms with E-state index in [-0.39, 0.29) is 24.3 Å². The Morgan fingerprint density at radius 3 is 2.43 bits per heavy atom. The lowest BCUT2D eigenvalue weighted by Gasteiger charge is -2.38. The van der Waals surface area contributed by atoms with Crippen LogP contribution in [0.25, 0.3) is 0 Å². The van der Waals surface area contributed by atoms with Gasteiger partial charge in [0, 0.05) is 25.9 Å². The van der Waals surface area contributed by atoms with Crippen molar-refractivity contribution in [2.45, 2.75) is 65.0 Å². The molecule has 2 amide bonds. The molecule has 2 N–H and O–H groups in total. The molecule has 23 heavy (non-hydrogen) atoms. The number of hydrogen-bond acceptors (Lipinski definition) is 4. The molecule has 1 aliphatic heterocycles. The number of carbonyl (C=O) groups excluding carboxylic acids is 2. The van der Waals surface area contributed by atoms with Crippen LogP contribution in [0.2, 0.25) is 0 Å². The summed E-state index contributed by atoms with van der Waals surface area (Å²) in [5, 5.41) is 11.8. The van der Waals surface area contributed by atoms with Gasteiger partial charge in [0.15, 0.2) is 0 Å². The Balaban J connectivity index is 2.70. The van der Waals surface area contributed by atoms with Crippen LogP contribution in [0.5, 0.6) is 0 Å². The van der Waals surface area contributed by atoms with Crippen LogP contribution in [-0.2, 0) is 14.3 Å². The SMILES string of the molecule is CCCC(=O)N1CC(CC(=O)O)CC(NC(=O)OC(C)(C)C)C1. The van der Waals surface area contributed by atoms with Gasteiger partial charge < -0.3 is 20.1 Å². The van der Waals surface area contributed by atoms with Crippen LogP contribution < -0.4 is 5.32 Å². The summed E-state index contributed by atoms with van der Waals surface area (Å²) in [4.78, 5) is 36.7. The fourth-order valence-electron chi connectivity index (χ4n) is 2.75. The summed E-state index contributed by atoms with van der Waals surface area (Å²) in [6, 6.07) is -0.288. The fourth-order valence-corrected chi connectivity index (χ4v) is 2.75. The highest BCUT2D eigenvalue weighted by molar-refractivity contribution is 5.76. The van der Waals surface area contributed by atoms with E-state index >= 15 is 0 Å². The highest BCUT2D eigenvalue weighted by Crippen LogP contribution is 2.21. The molecule has 0 aromatic carbocycles. The molecule has 2 atom stereocenters. The number of nitrogens with zero attached hydrogens (tertiary/aromatic N) is 1. The number of nitrogens with one attached hydrogen (secondary N) is 1. The zero-order valence-corrected chi connectivity index (χ0v) is 14.4. The van der Waals surface area contributed by atoms with Gasteiger partial charge >= 0.3 is 12.1 Å². The standard InChI is InChI=1S/C16H28N2O5/c1-5-6-13(19)18-9-11(8-14(20)21)7-12(10-18)17-15(22)23-16(2,3)4/h11-12H,5-10H2,1-4H3,(H,17,22)(H,20,21). The number of carboxylic acid groups (broad SMARTS) is 1. The Morgan fingerprint density at radius 1 is 1.26 bits per heavy atom. The molecule has 0 bridgehead atoms. The van der Waals surface area contributed by atoms with Gasteiger partial charge in [-0.05, 0) is 39.5 Å². The second-order valence-corrected chi connectivity index (χ2v) is 7.09. The number of carbonyl (C=O) groups is 3. The number of piperidine rings is 1. The number of amides is 2. The third-order valence-corrected chi connectivity index (χ3v) is 3.54. The van der Waals surface area contributed by atoms with E-state index in [0.29, 0.717) is 25.9 Å². The summed E-state index contributed by atoms with van der Waals surface area (Å²) in [6.07, 6.45) is 1.15. The van der Waals surface area contributed by atoms with E-state index in [1.165, 1.54) is 0 Å². The van der Waals surface area contributed by atoms with Crippen LogP contribution in [0.15, 0.2) is 0 Å². The predicted octanol–water partition coefficient (Wildman–Crippen LogP) is 2.00. The van der Waals surface area contributed by atoms with Crippen molar-refractivity contribution < 1.29 is 24.2 Å². The van der Waals surface area contributed by atoms with Crippen LogP contribution in [-0.4, -0.2) is 52.7 Å². The van der Waals surface area contributed by atoms with Crippen LogP contribution in [0.4, 0.5) is 4.79 Å². The molecule has 7 nitrogen and oxygen atoms in total. The van der Waals surface area contributed by atoms with E-state index in [9.17, 15) is 14.4 Å². The highest BCUT2D eigenvalue weighted by Gasteiger charge is 2.32. The van der Waals surface area contributed by atoms with E-state index < -0.39 is 17.7 Å². The molecule has 0 radical (unpaired) electrons. The van der Waals surface area contributed by atoms with Gasteiger partial charge in [0.25, 0.3) is 0 Å². The van der Waals surface area contributed by atoms with Gasteiger partial charge in [-0.3, -0.25) is 9.59 Å². The Bertz CT molecular complexity index is 444.